The number of hydrogen-bond acceptors (Lipinski definition) is 4. The van der Waals surface area contributed by atoms with Gasteiger partial charge in [0.15, 0.2) is 0 Å². The monoisotopic (exact) mass is 299 g/mol. The molecule has 1 aliphatic carbocycles. The molecular formula is C17H21N3O2. The number of carbonyl (C=O) groups is 1. The van der Waals surface area contributed by atoms with Gasteiger partial charge in [-0.15, -0.1) is 0 Å². The molecule has 1 saturated carbocycles. The fourth-order valence-corrected chi connectivity index (χ4v) is 2.24. The first-order valence-electron chi connectivity index (χ1n) is 7.67. The minimum absolute atomic E-state index is 0.0300. The zero-order valence-corrected chi connectivity index (χ0v) is 13.0. The Morgan fingerprint density at radius 1 is 1.36 bits per heavy atom. The van der Waals surface area contributed by atoms with Gasteiger partial charge in [-0.2, -0.15) is 0 Å². The number of nitrogens with zero attached hydrogens (tertiary/aromatic N) is 1. The molecule has 1 aromatic carbocycles. The largest absolute Gasteiger partial charge is 0.441 e. The summed E-state index contributed by atoms with van der Waals surface area (Å²) in [6.45, 7) is 5.09. The van der Waals surface area contributed by atoms with Crippen LogP contribution >= 0.6 is 0 Å². The lowest BCUT2D eigenvalue weighted by atomic mass is 10.2. The molecule has 1 heterocycles. The van der Waals surface area contributed by atoms with Crippen LogP contribution in [0.15, 0.2) is 28.7 Å². The third-order valence-corrected chi connectivity index (χ3v) is 3.84. The number of amides is 1. The molecule has 1 aromatic heterocycles. The Hall–Kier alpha value is -2.14. The van der Waals surface area contributed by atoms with Gasteiger partial charge in [0, 0.05) is 11.3 Å². The van der Waals surface area contributed by atoms with Crippen molar-refractivity contribution in [1.29, 1.82) is 0 Å². The number of aryl methyl sites for hydroxylation is 2. The summed E-state index contributed by atoms with van der Waals surface area (Å²) in [5, 5.41) is 6.08. The second-order valence-electron chi connectivity index (χ2n) is 5.86. The molecule has 2 N–H and O–H groups in total. The maximum atomic E-state index is 11.9. The first-order valence-corrected chi connectivity index (χ1v) is 7.67. The summed E-state index contributed by atoms with van der Waals surface area (Å²) >= 11 is 0. The average molecular weight is 299 g/mol. The number of carbonyl (C=O) groups excluding carboxylic acids is 1. The first kappa shape index (κ1) is 14.8. The third kappa shape index (κ3) is 3.74. The Balaban J connectivity index is 1.61. The van der Waals surface area contributed by atoms with Crippen molar-refractivity contribution in [1.82, 2.24) is 10.3 Å². The van der Waals surface area contributed by atoms with E-state index in [1.165, 1.54) is 12.8 Å². The quantitative estimate of drug-likeness (QED) is 0.860. The predicted octanol–water partition coefficient (Wildman–Crippen LogP) is 2.90. The Kier molecular flexibility index (Phi) is 4.24. The summed E-state index contributed by atoms with van der Waals surface area (Å²) < 4.78 is 5.62. The summed E-state index contributed by atoms with van der Waals surface area (Å²) in [5.74, 6) is 2.14. The Morgan fingerprint density at radius 3 is 2.86 bits per heavy atom. The van der Waals surface area contributed by atoms with E-state index in [0.29, 0.717) is 12.4 Å². The lowest BCUT2D eigenvalue weighted by molar-refractivity contribution is -0.115. The highest BCUT2D eigenvalue weighted by Gasteiger charge is 2.20. The molecule has 1 fully saturated rings. The average Bonchev–Trinajstić information content (AvgIpc) is 3.25. The minimum atomic E-state index is -0.0300. The maximum Gasteiger partial charge on any atom is 0.238 e. The van der Waals surface area contributed by atoms with Crippen molar-refractivity contribution in [3.63, 3.8) is 0 Å². The number of benzene rings is 1. The smallest absolute Gasteiger partial charge is 0.238 e. The second-order valence-corrected chi connectivity index (χ2v) is 5.86. The van der Waals surface area contributed by atoms with Crippen LogP contribution in [0.4, 0.5) is 5.69 Å². The van der Waals surface area contributed by atoms with Gasteiger partial charge >= 0.3 is 0 Å². The zero-order chi connectivity index (χ0) is 15.5. The van der Waals surface area contributed by atoms with Crippen LogP contribution in [-0.4, -0.2) is 24.0 Å². The number of rotatable bonds is 6. The van der Waals surface area contributed by atoms with Crippen molar-refractivity contribution in [3.8, 4) is 11.5 Å². The lowest BCUT2D eigenvalue weighted by Gasteiger charge is -2.07. The third-order valence-electron chi connectivity index (χ3n) is 3.84. The molecule has 1 aliphatic rings. The molecule has 0 bridgehead atoms. The molecule has 116 valence electrons. The number of oxazole rings is 1. The molecule has 2 aromatic rings. The van der Waals surface area contributed by atoms with Crippen molar-refractivity contribution in [3.05, 3.63) is 35.7 Å². The first-order chi connectivity index (χ1) is 10.6. The van der Waals surface area contributed by atoms with E-state index in [1.54, 1.807) is 0 Å². The highest BCUT2D eigenvalue weighted by atomic mass is 16.4. The van der Waals surface area contributed by atoms with Gasteiger partial charge in [-0.3, -0.25) is 4.79 Å². The Bertz CT molecular complexity index is 655. The Labute approximate surface area is 130 Å². The molecule has 0 aliphatic heterocycles. The van der Waals surface area contributed by atoms with Crippen molar-refractivity contribution in [2.75, 3.05) is 18.4 Å². The number of anilines is 1. The SMILES string of the molecule is Cc1nc(-c2cccc(NC(=O)CNCC3CC3)c2)oc1C. The van der Waals surface area contributed by atoms with Crippen molar-refractivity contribution >= 4 is 11.6 Å². The molecule has 1 amide bonds. The molecule has 5 nitrogen and oxygen atoms in total. The van der Waals surface area contributed by atoms with Gasteiger partial charge in [-0.05, 0) is 57.4 Å². The van der Waals surface area contributed by atoms with Crippen LogP contribution in [0.3, 0.4) is 0 Å². The number of hydrogen-bond donors (Lipinski definition) is 2. The van der Waals surface area contributed by atoms with Crippen molar-refractivity contribution in [2.24, 2.45) is 5.92 Å². The summed E-state index contributed by atoms with van der Waals surface area (Å²) in [5.41, 5.74) is 2.50. The predicted molar refractivity (Wildman–Crippen MR) is 85.6 cm³/mol. The molecule has 0 saturated heterocycles. The summed E-state index contributed by atoms with van der Waals surface area (Å²) in [6.07, 6.45) is 2.57. The highest BCUT2D eigenvalue weighted by molar-refractivity contribution is 5.92. The van der Waals surface area contributed by atoms with Crippen LogP contribution in [-0.2, 0) is 4.79 Å². The van der Waals surface area contributed by atoms with E-state index in [0.717, 1.165) is 35.2 Å². The van der Waals surface area contributed by atoms with Gasteiger partial charge in [0.1, 0.15) is 5.76 Å². The maximum absolute atomic E-state index is 11.9. The highest BCUT2D eigenvalue weighted by Crippen LogP contribution is 2.27. The summed E-state index contributed by atoms with van der Waals surface area (Å²) in [6, 6.07) is 7.55. The van der Waals surface area contributed by atoms with Gasteiger partial charge in [-0.1, -0.05) is 6.07 Å². The fraction of sp³-hybridized carbons (Fsp3) is 0.412. The molecule has 3 rings (SSSR count). The summed E-state index contributed by atoms with van der Waals surface area (Å²) in [7, 11) is 0. The number of aromatic nitrogens is 1. The van der Waals surface area contributed by atoms with Crippen LogP contribution in [0.25, 0.3) is 11.5 Å². The molecule has 5 heteroatoms. The number of nitrogens with one attached hydrogen (secondary N) is 2. The van der Waals surface area contributed by atoms with E-state index in [-0.39, 0.29) is 5.91 Å². The molecule has 0 radical (unpaired) electrons. The molecule has 0 spiro atoms. The normalized spacial score (nSPS) is 14.1. The molecule has 0 atom stereocenters. The molecule has 0 unspecified atom stereocenters. The second kappa shape index (κ2) is 6.32. The van der Waals surface area contributed by atoms with E-state index in [2.05, 4.69) is 15.6 Å². The standard InChI is InChI=1S/C17H21N3O2/c1-11-12(2)22-17(19-11)14-4-3-5-15(8-14)20-16(21)10-18-9-13-6-7-13/h3-5,8,13,18H,6-7,9-10H2,1-2H3,(H,20,21). The molecule has 22 heavy (non-hydrogen) atoms. The topological polar surface area (TPSA) is 67.2 Å². The zero-order valence-electron chi connectivity index (χ0n) is 13.0. The van der Waals surface area contributed by atoms with Crippen LogP contribution < -0.4 is 10.6 Å². The fourth-order valence-electron chi connectivity index (χ4n) is 2.24. The van der Waals surface area contributed by atoms with E-state index >= 15 is 0 Å². The van der Waals surface area contributed by atoms with Gasteiger partial charge in [0.05, 0.1) is 12.2 Å². The van der Waals surface area contributed by atoms with E-state index in [1.807, 2.05) is 38.1 Å². The van der Waals surface area contributed by atoms with Crippen LogP contribution in [0.1, 0.15) is 24.3 Å². The van der Waals surface area contributed by atoms with Crippen LogP contribution in [0.2, 0.25) is 0 Å². The van der Waals surface area contributed by atoms with Gasteiger partial charge < -0.3 is 15.1 Å². The van der Waals surface area contributed by atoms with Crippen LogP contribution in [0, 0.1) is 19.8 Å². The molecular weight excluding hydrogens is 278 g/mol. The van der Waals surface area contributed by atoms with E-state index < -0.39 is 0 Å². The lowest BCUT2D eigenvalue weighted by Crippen LogP contribution is -2.29. The van der Waals surface area contributed by atoms with Crippen molar-refractivity contribution < 1.29 is 9.21 Å². The minimum Gasteiger partial charge on any atom is -0.441 e. The van der Waals surface area contributed by atoms with Gasteiger partial charge in [-0.25, -0.2) is 4.98 Å². The van der Waals surface area contributed by atoms with E-state index in [4.69, 9.17) is 4.42 Å². The van der Waals surface area contributed by atoms with Gasteiger partial charge in [0.25, 0.3) is 0 Å². The Morgan fingerprint density at radius 2 is 2.18 bits per heavy atom. The summed E-state index contributed by atoms with van der Waals surface area (Å²) in [4.78, 5) is 16.3. The van der Waals surface area contributed by atoms with Crippen molar-refractivity contribution in [2.45, 2.75) is 26.7 Å². The van der Waals surface area contributed by atoms with Crippen LogP contribution in [0.5, 0.6) is 0 Å². The van der Waals surface area contributed by atoms with E-state index in [9.17, 15) is 4.79 Å². The van der Waals surface area contributed by atoms with Gasteiger partial charge in [0.2, 0.25) is 11.8 Å².